The van der Waals surface area contributed by atoms with Gasteiger partial charge in [0.05, 0.1) is 34.3 Å². The molecule has 0 fully saturated rings. The SMILES string of the molecule is CCCCOC(=O)c1nnc(-c2nc(-c3ccc(S(=O)(=O)C(C)C)cc3)cnc2C)o1. The van der Waals surface area contributed by atoms with Gasteiger partial charge in [-0.05, 0) is 39.3 Å². The lowest BCUT2D eigenvalue weighted by Gasteiger charge is -2.09. The van der Waals surface area contributed by atoms with Crippen LogP contribution in [0.3, 0.4) is 0 Å². The van der Waals surface area contributed by atoms with Crippen LogP contribution in [-0.4, -0.2) is 46.4 Å². The Morgan fingerprint density at radius 1 is 1.16 bits per heavy atom. The molecule has 0 amide bonds. The number of unbranched alkanes of at least 4 members (excludes halogenated alkanes) is 1. The van der Waals surface area contributed by atoms with Gasteiger partial charge in [-0.2, -0.15) is 0 Å². The Balaban J connectivity index is 1.87. The van der Waals surface area contributed by atoms with E-state index < -0.39 is 21.1 Å². The van der Waals surface area contributed by atoms with Crippen molar-refractivity contribution in [2.75, 3.05) is 6.61 Å². The summed E-state index contributed by atoms with van der Waals surface area (Å²) >= 11 is 0. The molecule has 0 saturated carbocycles. The summed E-state index contributed by atoms with van der Waals surface area (Å²) in [4.78, 5) is 21.1. The first kappa shape index (κ1) is 22.5. The maximum absolute atomic E-state index is 12.3. The summed E-state index contributed by atoms with van der Waals surface area (Å²) in [5.41, 5.74) is 2.04. The summed E-state index contributed by atoms with van der Waals surface area (Å²) < 4.78 is 35.1. The fraction of sp³-hybridized carbons (Fsp3) is 0.381. The van der Waals surface area contributed by atoms with E-state index in [1.54, 1.807) is 51.2 Å². The van der Waals surface area contributed by atoms with Crippen LogP contribution in [-0.2, 0) is 14.6 Å². The van der Waals surface area contributed by atoms with Crippen molar-refractivity contribution in [3.63, 3.8) is 0 Å². The van der Waals surface area contributed by atoms with Gasteiger partial charge in [-0.3, -0.25) is 4.98 Å². The predicted octanol–water partition coefficient (Wildman–Crippen LogP) is 3.64. The van der Waals surface area contributed by atoms with Crippen molar-refractivity contribution in [3.05, 3.63) is 42.0 Å². The van der Waals surface area contributed by atoms with Gasteiger partial charge < -0.3 is 9.15 Å². The van der Waals surface area contributed by atoms with Gasteiger partial charge in [-0.1, -0.05) is 25.5 Å². The molecule has 0 unspecified atom stereocenters. The maximum Gasteiger partial charge on any atom is 0.396 e. The Hall–Kier alpha value is -3.14. The average Bonchev–Trinajstić information content (AvgIpc) is 3.24. The first-order valence-corrected chi connectivity index (χ1v) is 11.5. The second-order valence-corrected chi connectivity index (χ2v) is 9.71. The number of aromatic nitrogens is 4. The Labute approximate surface area is 180 Å². The van der Waals surface area contributed by atoms with Crippen molar-refractivity contribution >= 4 is 15.8 Å². The zero-order valence-electron chi connectivity index (χ0n) is 17.8. The van der Waals surface area contributed by atoms with Crippen LogP contribution < -0.4 is 0 Å². The quantitative estimate of drug-likeness (QED) is 0.378. The minimum absolute atomic E-state index is 0.0493. The number of benzene rings is 1. The van der Waals surface area contributed by atoms with Crippen molar-refractivity contribution in [2.45, 2.75) is 50.7 Å². The third-order valence-corrected chi connectivity index (χ3v) is 6.76. The number of nitrogens with zero attached hydrogens (tertiary/aromatic N) is 4. The number of hydrogen-bond acceptors (Lipinski definition) is 9. The summed E-state index contributed by atoms with van der Waals surface area (Å²) in [6, 6.07) is 6.43. The van der Waals surface area contributed by atoms with Crippen LogP contribution in [0.2, 0.25) is 0 Å². The summed E-state index contributed by atoms with van der Waals surface area (Å²) in [6.07, 6.45) is 3.21. The van der Waals surface area contributed by atoms with Crippen molar-refractivity contribution in [1.82, 2.24) is 20.2 Å². The van der Waals surface area contributed by atoms with E-state index in [4.69, 9.17) is 9.15 Å². The molecule has 0 aliphatic carbocycles. The summed E-state index contributed by atoms with van der Waals surface area (Å²) in [7, 11) is -3.36. The molecular weight excluding hydrogens is 420 g/mol. The molecule has 9 nitrogen and oxygen atoms in total. The molecule has 2 aromatic heterocycles. The zero-order chi connectivity index (χ0) is 22.6. The topological polar surface area (TPSA) is 125 Å². The fourth-order valence-electron chi connectivity index (χ4n) is 2.65. The van der Waals surface area contributed by atoms with E-state index in [1.165, 1.54) is 0 Å². The number of hydrogen-bond donors (Lipinski definition) is 0. The van der Waals surface area contributed by atoms with Crippen LogP contribution in [0, 0.1) is 6.92 Å². The normalized spacial score (nSPS) is 11.6. The van der Waals surface area contributed by atoms with Crippen LogP contribution in [0.15, 0.2) is 39.8 Å². The molecular formula is C21H24N4O5S. The zero-order valence-corrected chi connectivity index (χ0v) is 18.6. The highest BCUT2D eigenvalue weighted by molar-refractivity contribution is 7.92. The smallest absolute Gasteiger partial charge is 0.396 e. The summed E-state index contributed by atoms with van der Waals surface area (Å²) in [5.74, 6) is -0.884. The molecule has 0 aliphatic rings. The van der Waals surface area contributed by atoms with Gasteiger partial charge in [0.15, 0.2) is 9.84 Å². The van der Waals surface area contributed by atoms with E-state index in [2.05, 4.69) is 20.2 Å². The number of esters is 1. The van der Waals surface area contributed by atoms with E-state index in [0.717, 1.165) is 12.8 Å². The molecule has 10 heteroatoms. The Kier molecular flexibility index (Phi) is 6.79. The molecule has 0 atom stereocenters. The molecule has 0 saturated heterocycles. The lowest BCUT2D eigenvalue weighted by Crippen LogP contribution is -2.13. The average molecular weight is 445 g/mol. The lowest BCUT2D eigenvalue weighted by molar-refractivity contribution is 0.0455. The van der Waals surface area contributed by atoms with Gasteiger partial charge in [-0.15, -0.1) is 10.2 Å². The van der Waals surface area contributed by atoms with Gasteiger partial charge in [0.25, 0.3) is 5.89 Å². The first-order chi connectivity index (χ1) is 14.7. The third-order valence-electron chi connectivity index (χ3n) is 4.59. The van der Waals surface area contributed by atoms with Gasteiger partial charge in [0.1, 0.15) is 5.69 Å². The minimum atomic E-state index is -3.36. The molecule has 3 aromatic rings. The number of aryl methyl sites for hydroxylation is 1. The Bertz CT molecular complexity index is 1170. The number of rotatable bonds is 8. The van der Waals surface area contributed by atoms with Crippen molar-refractivity contribution < 1.29 is 22.4 Å². The fourth-order valence-corrected chi connectivity index (χ4v) is 3.71. The summed E-state index contributed by atoms with van der Waals surface area (Å²) in [5, 5.41) is 7.13. The number of carbonyl (C=O) groups is 1. The van der Waals surface area contributed by atoms with Crippen LogP contribution >= 0.6 is 0 Å². The van der Waals surface area contributed by atoms with Crippen molar-refractivity contribution in [2.24, 2.45) is 0 Å². The highest BCUT2D eigenvalue weighted by atomic mass is 32.2. The predicted molar refractivity (Wildman–Crippen MR) is 113 cm³/mol. The molecule has 1 aromatic carbocycles. The molecule has 0 aliphatic heterocycles. The van der Waals surface area contributed by atoms with E-state index >= 15 is 0 Å². The standard InChI is InChI=1S/C21H24N4O5S/c1-5-6-11-29-21(26)20-25-24-19(30-20)18-14(4)22-12-17(23-18)15-7-9-16(10-8-15)31(27,28)13(2)3/h7-10,12-13H,5-6,11H2,1-4H3. The summed E-state index contributed by atoms with van der Waals surface area (Å²) in [6.45, 7) is 7.28. The van der Waals surface area contributed by atoms with Crippen molar-refractivity contribution in [1.29, 1.82) is 0 Å². The molecule has 0 bridgehead atoms. The largest absolute Gasteiger partial charge is 0.459 e. The van der Waals surface area contributed by atoms with Crippen LogP contribution in [0.1, 0.15) is 50.0 Å². The van der Waals surface area contributed by atoms with E-state index in [0.29, 0.717) is 22.6 Å². The number of carbonyl (C=O) groups excluding carboxylic acids is 1. The Morgan fingerprint density at radius 2 is 1.87 bits per heavy atom. The van der Waals surface area contributed by atoms with Crippen LogP contribution in [0.4, 0.5) is 0 Å². The highest BCUT2D eigenvalue weighted by Gasteiger charge is 2.21. The molecule has 31 heavy (non-hydrogen) atoms. The lowest BCUT2D eigenvalue weighted by atomic mass is 10.1. The van der Waals surface area contributed by atoms with E-state index in [9.17, 15) is 13.2 Å². The minimum Gasteiger partial charge on any atom is -0.459 e. The number of sulfone groups is 1. The van der Waals surface area contributed by atoms with Crippen molar-refractivity contribution in [3.8, 4) is 22.8 Å². The van der Waals surface area contributed by atoms with Gasteiger partial charge in [0.2, 0.25) is 0 Å². The van der Waals surface area contributed by atoms with Gasteiger partial charge in [-0.25, -0.2) is 18.2 Å². The third kappa shape index (κ3) is 4.96. The second kappa shape index (κ2) is 9.34. The Morgan fingerprint density at radius 3 is 2.52 bits per heavy atom. The molecule has 0 spiro atoms. The molecule has 3 rings (SSSR count). The molecule has 164 valence electrons. The van der Waals surface area contributed by atoms with Crippen LogP contribution in [0.25, 0.3) is 22.8 Å². The van der Waals surface area contributed by atoms with E-state index in [1.807, 2.05) is 6.92 Å². The highest BCUT2D eigenvalue weighted by Crippen LogP contribution is 2.25. The molecule has 2 heterocycles. The molecule has 0 N–H and O–H groups in total. The molecule has 0 radical (unpaired) electrons. The second-order valence-electron chi connectivity index (χ2n) is 7.21. The maximum atomic E-state index is 12.3. The first-order valence-electron chi connectivity index (χ1n) is 9.93. The van der Waals surface area contributed by atoms with Gasteiger partial charge >= 0.3 is 11.9 Å². The number of ether oxygens (including phenoxy) is 1. The monoisotopic (exact) mass is 444 g/mol. The van der Waals surface area contributed by atoms with Gasteiger partial charge in [0, 0.05) is 5.56 Å². The van der Waals surface area contributed by atoms with Crippen LogP contribution in [0.5, 0.6) is 0 Å². The van der Waals surface area contributed by atoms with E-state index in [-0.39, 0.29) is 23.3 Å².